The zero-order valence-corrected chi connectivity index (χ0v) is 19.1. The van der Waals surface area contributed by atoms with E-state index in [9.17, 15) is 18.0 Å². The summed E-state index contributed by atoms with van der Waals surface area (Å²) in [6.07, 6.45) is 2.19. The molecule has 0 fully saturated rings. The Morgan fingerprint density at radius 1 is 1.12 bits per heavy atom. The maximum atomic E-state index is 12.0. The number of hydrogen-bond donors (Lipinski definition) is 2. The minimum atomic E-state index is -3.53. The van der Waals surface area contributed by atoms with Gasteiger partial charge in [0.25, 0.3) is 15.9 Å². The number of carbonyl (C=O) groups excluding carboxylic acids is 2. The SMILES string of the molecule is Cc1cc(Cl)ccc1NC(=O)COC(=O)CCCCCN=C1NS(=O)(=O)c2ccccc21. The van der Waals surface area contributed by atoms with Gasteiger partial charge in [0.15, 0.2) is 6.61 Å². The number of hydrogen-bond acceptors (Lipinski definition) is 6. The molecule has 2 aromatic rings. The van der Waals surface area contributed by atoms with E-state index < -0.39 is 21.9 Å². The van der Waals surface area contributed by atoms with Crippen LogP contribution in [0, 0.1) is 6.92 Å². The molecule has 10 heteroatoms. The van der Waals surface area contributed by atoms with Crippen molar-refractivity contribution < 1.29 is 22.7 Å². The smallest absolute Gasteiger partial charge is 0.306 e. The maximum Gasteiger partial charge on any atom is 0.306 e. The van der Waals surface area contributed by atoms with Crippen LogP contribution in [0.4, 0.5) is 5.69 Å². The highest BCUT2D eigenvalue weighted by Crippen LogP contribution is 2.22. The summed E-state index contributed by atoms with van der Waals surface area (Å²) in [7, 11) is -3.53. The number of esters is 1. The Kier molecular flexibility index (Phi) is 7.87. The van der Waals surface area contributed by atoms with Gasteiger partial charge < -0.3 is 10.1 Å². The zero-order chi connectivity index (χ0) is 23.1. The Morgan fingerprint density at radius 2 is 1.91 bits per heavy atom. The Bertz CT molecular complexity index is 1150. The molecule has 1 amide bonds. The Hall–Kier alpha value is -2.91. The molecule has 2 N–H and O–H groups in total. The predicted octanol–water partition coefficient (Wildman–Crippen LogP) is 3.43. The first-order chi connectivity index (χ1) is 15.3. The lowest BCUT2D eigenvalue weighted by molar-refractivity contribution is -0.147. The molecule has 2 aromatic carbocycles. The number of ether oxygens (including phenoxy) is 1. The van der Waals surface area contributed by atoms with E-state index >= 15 is 0 Å². The summed E-state index contributed by atoms with van der Waals surface area (Å²) in [5.74, 6) is -0.516. The molecule has 0 atom stereocenters. The van der Waals surface area contributed by atoms with Crippen molar-refractivity contribution in [1.82, 2.24) is 4.72 Å². The van der Waals surface area contributed by atoms with Crippen molar-refractivity contribution in [2.45, 2.75) is 37.5 Å². The highest BCUT2D eigenvalue weighted by molar-refractivity contribution is 7.90. The number of amides is 1. The quantitative estimate of drug-likeness (QED) is 0.424. The number of anilines is 1. The number of amidine groups is 1. The average Bonchev–Trinajstić information content (AvgIpc) is 3.01. The predicted molar refractivity (Wildman–Crippen MR) is 122 cm³/mol. The number of aryl methyl sites for hydroxylation is 1. The third-order valence-corrected chi connectivity index (χ3v) is 6.43. The first-order valence-electron chi connectivity index (χ1n) is 10.1. The molecular formula is C22H24ClN3O5S. The zero-order valence-electron chi connectivity index (χ0n) is 17.6. The lowest BCUT2D eigenvalue weighted by Gasteiger charge is -2.09. The van der Waals surface area contributed by atoms with E-state index in [0.717, 1.165) is 12.0 Å². The van der Waals surface area contributed by atoms with Gasteiger partial charge in [-0.1, -0.05) is 30.2 Å². The number of nitrogens with one attached hydrogen (secondary N) is 2. The van der Waals surface area contributed by atoms with Crippen LogP contribution in [-0.4, -0.2) is 39.3 Å². The van der Waals surface area contributed by atoms with Gasteiger partial charge in [-0.25, -0.2) is 8.42 Å². The van der Waals surface area contributed by atoms with Crippen molar-refractivity contribution >= 4 is 45.0 Å². The number of halogens is 1. The topological polar surface area (TPSA) is 114 Å². The van der Waals surface area contributed by atoms with Crippen LogP contribution in [0.2, 0.25) is 5.02 Å². The van der Waals surface area contributed by atoms with Gasteiger partial charge in [-0.3, -0.25) is 19.3 Å². The Morgan fingerprint density at radius 3 is 2.69 bits per heavy atom. The first-order valence-corrected chi connectivity index (χ1v) is 12.0. The summed E-state index contributed by atoms with van der Waals surface area (Å²) < 4.78 is 31.5. The lowest BCUT2D eigenvalue weighted by atomic mass is 10.2. The third-order valence-electron chi connectivity index (χ3n) is 4.80. The summed E-state index contributed by atoms with van der Waals surface area (Å²) in [6, 6.07) is 11.8. The molecule has 170 valence electrons. The van der Waals surface area contributed by atoms with Crippen molar-refractivity contribution in [3.8, 4) is 0 Å². The van der Waals surface area contributed by atoms with Gasteiger partial charge in [0.1, 0.15) is 5.84 Å². The second kappa shape index (κ2) is 10.6. The van der Waals surface area contributed by atoms with Crippen LogP contribution in [0.1, 0.15) is 36.8 Å². The molecule has 0 spiro atoms. The van der Waals surface area contributed by atoms with Crippen LogP contribution in [0.25, 0.3) is 0 Å². The van der Waals surface area contributed by atoms with Crippen molar-refractivity contribution in [2.24, 2.45) is 4.99 Å². The highest BCUT2D eigenvalue weighted by atomic mass is 35.5. The molecule has 0 bridgehead atoms. The summed E-state index contributed by atoms with van der Waals surface area (Å²) in [5.41, 5.74) is 2.00. The van der Waals surface area contributed by atoms with Crippen LogP contribution >= 0.6 is 11.6 Å². The summed E-state index contributed by atoms with van der Waals surface area (Å²) in [5, 5.41) is 3.25. The first kappa shape index (κ1) is 23.7. The van der Waals surface area contributed by atoms with Crippen molar-refractivity contribution in [2.75, 3.05) is 18.5 Å². The molecule has 0 saturated heterocycles. The number of fused-ring (bicyclic) bond motifs is 1. The van der Waals surface area contributed by atoms with E-state index in [1.165, 1.54) is 0 Å². The van der Waals surface area contributed by atoms with Crippen molar-refractivity contribution in [3.05, 3.63) is 58.6 Å². The number of rotatable bonds is 9. The maximum absolute atomic E-state index is 12.0. The van der Waals surface area contributed by atoms with Gasteiger partial charge in [-0.15, -0.1) is 0 Å². The van der Waals surface area contributed by atoms with E-state index in [4.69, 9.17) is 16.3 Å². The molecule has 0 radical (unpaired) electrons. The Balaban J connectivity index is 1.33. The molecule has 3 rings (SSSR count). The number of nitrogens with zero attached hydrogens (tertiary/aromatic N) is 1. The van der Waals surface area contributed by atoms with Crippen molar-refractivity contribution in [1.29, 1.82) is 0 Å². The van der Waals surface area contributed by atoms with Crippen LogP contribution in [0.3, 0.4) is 0 Å². The number of carbonyl (C=O) groups is 2. The normalized spacial score (nSPS) is 15.1. The van der Waals surface area contributed by atoms with Gasteiger partial charge in [0, 0.05) is 29.2 Å². The van der Waals surface area contributed by atoms with E-state index in [-0.39, 0.29) is 17.9 Å². The van der Waals surface area contributed by atoms with Gasteiger partial charge in [0.2, 0.25) is 0 Å². The van der Waals surface area contributed by atoms with E-state index in [2.05, 4.69) is 15.0 Å². The largest absolute Gasteiger partial charge is 0.456 e. The number of sulfonamides is 1. The number of unbranched alkanes of at least 4 members (excludes halogenated alkanes) is 2. The third kappa shape index (κ3) is 6.30. The second-order valence-electron chi connectivity index (χ2n) is 7.31. The average molecular weight is 478 g/mol. The highest BCUT2D eigenvalue weighted by Gasteiger charge is 2.29. The standard InChI is InChI=1S/C22H24ClN3O5S/c1-15-13-16(23)10-11-18(15)25-20(27)14-31-21(28)9-3-2-6-12-24-22-17-7-4-5-8-19(17)32(29,30)26-22/h4-5,7-8,10-11,13H,2-3,6,9,12,14H2,1H3,(H,24,26)(H,25,27). The number of benzene rings is 2. The van der Waals surface area contributed by atoms with Crippen LogP contribution in [-0.2, 0) is 24.3 Å². The fraction of sp³-hybridized carbons (Fsp3) is 0.318. The molecule has 0 aromatic heterocycles. The molecular weight excluding hydrogens is 454 g/mol. The van der Waals surface area contributed by atoms with Crippen LogP contribution in [0.15, 0.2) is 52.4 Å². The molecule has 8 nitrogen and oxygen atoms in total. The monoisotopic (exact) mass is 477 g/mol. The summed E-state index contributed by atoms with van der Waals surface area (Å²) in [4.78, 5) is 28.4. The molecule has 1 aliphatic rings. The van der Waals surface area contributed by atoms with Gasteiger partial charge in [-0.05, 0) is 55.7 Å². The van der Waals surface area contributed by atoms with Crippen LogP contribution < -0.4 is 10.0 Å². The van der Waals surface area contributed by atoms with Gasteiger partial charge in [0.05, 0.1) is 4.90 Å². The van der Waals surface area contributed by atoms with Crippen LogP contribution in [0.5, 0.6) is 0 Å². The van der Waals surface area contributed by atoms with E-state index in [1.807, 2.05) is 6.92 Å². The minimum Gasteiger partial charge on any atom is -0.456 e. The molecule has 1 aliphatic heterocycles. The van der Waals surface area contributed by atoms with Gasteiger partial charge in [-0.2, -0.15) is 0 Å². The molecule has 1 heterocycles. The fourth-order valence-electron chi connectivity index (χ4n) is 3.17. The minimum absolute atomic E-state index is 0.194. The lowest BCUT2D eigenvalue weighted by Crippen LogP contribution is -2.22. The Labute approximate surface area is 192 Å². The second-order valence-corrected chi connectivity index (χ2v) is 9.40. The number of aliphatic imine (C=N–C) groups is 1. The van der Waals surface area contributed by atoms with E-state index in [0.29, 0.717) is 41.5 Å². The molecule has 0 aliphatic carbocycles. The molecule has 0 saturated carbocycles. The molecule has 0 unspecified atom stereocenters. The summed E-state index contributed by atoms with van der Waals surface area (Å²) in [6.45, 7) is 1.90. The van der Waals surface area contributed by atoms with E-state index in [1.54, 1.807) is 42.5 Å². The van der Waals surface area contributed by atoms with Gasteiger partial charge >= 0.3 is 5.97 Å². The molecule has 32 heavy (non-hydrogen) atoms. The van der Waals surface area contributed by atoms with Crippen molar-refractivity contribution in [3.63, 3.8) is 0 Å². The summed E-state index contributed by atoms with van der Waals surface area (Å²) >= 11 is 5.88. The fourth-order valence-corrected chi connectivity index (χ4v) is 4.65.